The van der Waals surface area contributed by atoms with E-state index in [9.17, 15) is 4.79 Å². The molecule has 110 valence electrons. The lowest BCUT2D eigenvalue weighted by Gasteiger charge is -2.37. The molecule has 0 aromatic carbocycles. The van der Waals surface area contributed by atoms with E-state index in [1.807, 2.05) is 48.2 Å². The Balaban J connectivity index is 1.82. The van der Waals surface area contributed by atoms with Gasteiger partial charge in [-0.15, -0.1) is 0 Å². The van der Waals surface area contributed by atoms with Crippen molar-refractivity contribution >= 4 is 6.03 Å². The Morgan fingerprint density at radius 3 is 2.30 bits per heavy atom. The van der Waals surface area contributed by atoms with Crippen LogP contribution < -0.4 is 0 Å². The van der Waals surface area contributed by atoms with Gasteiger partial charge in [0.05, 0.1) is 0 Å². The summed E-state index contributed by atoms with van der Waals surface area (Å²) in [5.41, 5.74) is 1.28. The molecular formula is C15H24N4O. The number of hydrogen-bond donors (Lipinski definition) is 0. The molecule has 1 aromatic rings. The lowest BCUT2D eigenvalue weighted by molar-refractivity contribution is 0.112. The predicted molar refractivity (Wildman–Crippen MR) is 79.4 cm³/mol. The van der Waals surface area contributed by atoms with Gasteiger partial charge in [0, 0.05) is 58.2 Å². The zero-order valence-electron chi connectivity index (χ0n) is 12.5. The number of amides is 2. The second-order valence-corrected chi connectivity index (χ2v) is 5.07. The van der Waals surface area contributed by atoms with Gasteiger partial charge in [0.1, 0.15) is 0 Å². The fraction of sp³-hybridized carbons (Fsp3) is 0.600. The molecule has 0 spiro atoms. The van der Waals surface area contributed by atoms with Crippen LogP contribution in [0.15, 0.2) is 24.5 Å². The molecule has 2 amide bonds. The van der Waals surface area contributed by atoms with E-state index in [1.165, 1.54) is 5.56 Å². The fourth-order valence-electron chi connectivity index (χ4n) is 2.54. The van der Waals surface area contributed by atoms with Gasteiger partial charge in [-0.2, -0.15) is 0 Å². The first-order valence-electron chi connectivity index (χ1n) is 7.39. The minimum atomic E-state index is 0.179. The van der Waals surface area contributed by atoms with Crippen LogP contribution in [0.4, 0.5) is 4.79 Å². The van der Waals surface area contributed by atoms with Crippen LogP contribution in [0.25, 0.3) is 0 Å². The van der Waals surface area contributed by atoms with Crippen molar-refractivity contribution in [2.75, 3.05) is 39.3 Å². The molecule has 1 aromatic heterocycles. The summed E-state index contributed by atoms with van der Waals surface area (Å²) in [6.07, 6.45) is 3.66. The highest BCUT2D eigenvalue weighted by Gasteiger charge is 2.23. The van der Waals surface area contributed by atoms with Gasteiger partial charge in [-0.25, -0.2) is 4.79 Å². The highest BCUT2D eigenvalue weighted by Crippen LogP contribution is 2.09. The summed E-state index contributed by atoms with van der Waals surface area (Å²) in [5, 5.41) is 0. The van der Waals surface area contributed by atoms with Crippen LogP contribution in [-0.2, 0) is 6.54 Å². The van der Waals surface area contributed by atoms with Crippen molar-refractivity contribution in [3.63, 3.8) is 0 Å². The van der Waals surface area contributed by atoms with Gasteiger partial charge in [0.2, 0.25) is 0 Å². The third-order valence-electron chi connectivity index (χ3n) is 3.83. The van der Waals surface area contributed by atoms with Crippen molar-refractivity contribution in [1.82, 2.24) is 19.7 Å². The van der Waals surface area contributed by atoms with E-state index in [4.69, 9.17) is 0 Å². The monoisotopic (exact) mass is 276 g/mol. The molecule has 0 saturated carbocycles. The molecule has 0 unspecified atom stereocenters. The molecule has 1 aliphatic heterocycles. The van der Waals surface area contributed by atoms with Crippen molar-refractivity contribution in [1.29, 1.82) is 0 Å². The van der Waals surface area contributed by atoms with Crippen molar-refractivity contribution in [2.24, 2.45) is 0 Å². The Morgan fingerprint density at radius 1 is 1.15 bits per heavy atom. The summed E-state index contributed by atoms with van der Waals surface area (Å²) < 4.78 is 0. The van der Waals surface area contributed by atoms with Crippen molar-refractivity contribution in [3.8, 4) is 0 Å². The van der Waals surface area contributed by atoms with Gasteiger partial charge >= 0.3 is 6.03 Å². The Bertz CT molecular complexity index is 411. The lowest BCUT2D eigenvalue weighted by Crippen LogP contribution is -2.52. The molecular weight excluding hydrogens is 252 g/mol. The highest BCUT2D eigenvalue weighted by molar-refractivity contribution is 5.74. The first kappa shape index (κ1) is 14.8. The quantitative estimate of drug-likeness (QED) is 0.839. The standard InChI is InChI=1S/C15H24N4O/c1-3-18(4-2)15(20)19-11-9-17(10-12-19)13-14-5-7-16-8-6-14/h5-8H,3-4,9-13H2,1-2H3. The molecule has 2 heterocycles. The van der Waals surface area contributed by atoms with Crippen molar-refractivity contribution < 1.29 is 4.79 Å². The maximum atomic E-state index is 12.3. The topological polar surface area (TPSA) is 39.7 Å². The van der Waals surface area contributed by atoms with Crippen molar-refractivity contribution in [3.05, 3.63) is 30.1 Å². The normalized spacial score (nSPS) is 16.2. The molecule has 1 fully saturated rings. The molecule has 0 bridgehead atoms. The number of aromatic nitrogens is 1. The van der Waals surface area contributed by atoms with Gasteiger partial charge in [-0.1, -0.05) is 0 Å². The number of urea groups is 1. The first-order valence-corrected chi connectivity index (χ1v) is 7.39. The number of piperazine rings is 1. The van der Waals surface area contributed by atoms with E-state index >= 15 is 0 Å². The second-order valence-electron chi connectivity index (χ2n) is 5.07. The summed E-state index contributed by atoms with van der Waals surface area (Å²) in [6, 6.07) is 4.28. The molecule has 0 radical (unpaired) electrons. The molecule has 5 heteroatoms. The Kier molecular flexibility index (Phi) is 5.35. The zero-order chi connectivity index (χ0) is 14.4. The van der Waals surface area contributed by atoms with E-state index < -0.39 is 0 Å². The number of carbonyl (C=O) groups is 1. The SMILES string of the molecule is CCN(CC)C(=O)N1CCN(Cc2ccncc2)CC1. The van der Waals surface area contributed by atoms with E-state index in [0.29, 0.717) is 0 Å². The average molecular weight is 276 g/mol. The predicted octanol–water partition coefficient (Wildman–Crippen LogP) is 1.66. The summed E-state index contributed by atoms with van der Waals surface area (Å²) in [5.74, 6) is 0. The Morgan fingerprint density at radius 2 is 1.75 bits per heavy atom. The van der Waals surface area contributed by atoms with Crippen LogP contribution in [0, 0.1) is 0 Å². The molecule has 0 N–H and O–H groups in total. The van der Waals surface area contributed by atoms with E-state index in [-0.39, 0.29) is 6.03 Å². The van der Waals surface area contributed by atoms with Crippen LogP contribution in [0.3, 0.4) is 0 Å². The molecule has 2 rings (SSSR count). The highest BCUT2D eigenvalue weighted by atomic mass is 16.2. The Labute approximate surface area is 121 Å². The van der Waals surface area contributed by atoms with Crippen LogP contribution in [0.2, 0.25) is 0 Å². The summed E-state index contributed by atoms with van der Waals surface area (Å²) >= 11 is 0. The van der Waals surface area contributed by atoms with Gasteiger partial charge in [0.25, 0.3) is 0 Å². The summed E-state index contributed by atoms with van der Waals surface area (Å²) in [6.45, 7) is 10.1. The van der Waals surface area contributed by atoms with Gasteiger partial charge < -0.3 is 9.80 Å². The Hall–Kier alpha value is -1.62. The van der Waals surface area contributed by atoms with Gasteiger partial charge in [-0.3, -0.25) is 9.88 Å². The second kappa shape index (κ2) is 7.24. The maximum absolute atomic E-state index is 12.3. The number of pyridine rings is 1. The maximum Gasteiger partial charge on any atom is 0.320 e. The van der Waals surface area contributed by atoms with Crippen LogP contribution >= 0.6 is 0 Å². The molecule has 1 aliphatic rings. The fourth-order valence-corrected chi connectivity index (χ4v) is 2.54. The summed E-state index contributed by atoms with van der Waals surface area (Å²) in [7, 11) is 0. The number of carbonyl (C=O) groups excluding carboxylic acids is 1. The third kappa shape index (κ3) is 3.70. The van der Waals surface area contributed by atoms with Gasteiger partial charge in [-0.05, 0) is 31.5 Å². The molecule has 0 atom stereocenters. The molecule has 5 nitrogen and oxygen atoms in total. The first-order chi connectivity index (χ1) is 9.74. The van der Waals surface area contributed by atoms with Crippen LogP contribution in [-0.4, -0.2) is 65.0 Å². The largest absolute Gasteiger partial charge is 0.325 e. The number of hydrogen-bond acceptors (Lipinski definition) is 3. The van der Waals surface area contributed by atoms with E-state index in [1.54, 1.807) is 0 Å². The number of rotatable bonds is 4. The lowest BCUT2D eigenvalue weighted by atomic mass is 10.2. The summed E-state index contributed by atoms with van der Waals surface area (Å²) in [4.78, 5) is 22.5. The third-order valence-corrected chi connectivity index (χ3v) is 3.83. The zero-order valence-corrected chi connectivity index (χ0v) is 12.5. The minimum Gasteiger partial charge on any atom is -0.325 e. The smallest absolute Gasteiger partial charge is 0.320 e. The molecule has 1 saturated heterocycles. The molecule has 0 aliphatic carbocycles. The molecule has 20 heavy (non-hydrogen) atoms. The average Bonchev–Trinajstić information content (AvgIpc) is 2.50. The minimum absolute atomic E-state index is 0.179. The van der Waals surface area contributed by atoms with Crippen LogP contribution in [0.1, 0.15) is 19.4 Å². The number of nitrogens with zero attached hydrogens (tertiary/aromatic N) is 4. The van der Waals surface area contributed by atoms with E-state index in [2.05, 4.69) is 9.88 Å². The van der Waals surface area contributed by atoms with E-state index in [0.717, 1.165) is 45.8 Å². The van der Waals surface area contributed by atoms with Gasteiger partial charge in [0.15, 0.2) is 0 Å². The van der Waals surface area contributed by atoms with Crippen LogP contribution in [0.5, 0.6) is 0 Å². The van der Waals surface area contributed by atoms with Crippen molar-refractivity contribution in [2.45, 2.75) is 20.4 Å².